The third-order valence-electron chi connectivity index (χ3n) is 7.40. The van der Waals surface area contributed by atoms with Crippen molar-refractivity contribution in [1.29, 1.82) is 0 Å². The SMILES string of the molecule is CC12CCC(CC1C(=O)NCc1ccccc1F)[C@]1(C2)NC(=O)c2ccccc2N1. The maximum absolute atomic E-state index is 13.9. The van der Waals surface area contributed by atoms with Crippen LogP contribution in [0.15, 0.2) is 48.5 Å². The largest absolute Gasteiger partial charge is 0.362 e. The molecule has 1 aliphatic heterocycles. The second-order valence-electron chi connectivity index (χ2n) is 9.26. The van der Waals surface area contributed by atoms with E-state index in [1.54, 1.807) is 18.2 Å². The van der Waals surface area contributed by atoms with Crippen molar-refractivity contribution in [2.24, 2.45) is 17.3 Å². The molecule has 4 aliphatic rings. The summed E-state index contributed by atoms with van der Waals surface area (Å²) >= 11 is 0. The third-order valence-corrected chi connectivity index (χ3v) is 7.40. The van der Waals surface area contributed by atoms with Gasteiger partial charge in [-0.05, 0) is 49.3 Å². The summed E-state index contributed by atoms with van der Waals surface area (Å²) in [6, 6.07) is 14.1. The minimum atomic E-state index is -0.513. The van der Waals surface area contributed by atoms with Crippen LogP contribution in [0, 0.1) is 23.1 Å². The predicted molar refractivity (Wildman–Crippen MR) is 112 cm³/mol. The van der Waals surface area contributed by atoms with Crippen LogP contribution in [0.2, 0.25) is 0 Å². The summed E-state index contributed by atoms with van der Waals surface area (Å²) in [5, 5.41) is 9.80. The average Bonchev–Trinajstić information content (AvgIpc) is 2.72. The van der Waals surface area contributed by atoms with Crippen molar-refractivity contribution in [3.05, 3.63) is 65.5 Å². The first-order valence-electron chi connectivity index (χ1n) is 10.6. The van der Waals surface area contributed by atoms with Gasteiger partial charge in [0.05, 0.1) is 5.56 Å². The van der Waals surface area contributed by atoms with Crippen molar-refractivity contribution in [3.8, 4) is 0 Å². The van der Waals surface area contributed by atoms with Crippen molar-refractivity contribution in [2.75, 3.05) is 5.32 Å². The van der Waals surface area contributed by atoms with E-state index in [1.807, 2.05) is 24.3 Å². The highest BCUT2D eigenvalue weighted by Gasteiger charge is 2.60. The van der Waals surface area contributed by atoms with Crippen LogP contribution in [-0.4, -0.2) is 17.5 Å². The fourth-order valence-electron chi connectivity index (χ4n) is 5.80. The van der Waals surface area contributed by atoms with Crippen LogP contribution in [0.3, 0.4) is 0 Å². The summed E-state index contributed by atoms with van der Waals surface area (Å²) in [7, 11) is 0. The molecule has 2 bridgehead atoms. The summed E-state index contributed by atoms with van der Waals surface area (Å²) in [5.41, 5.74) is 1.26. The molecule has 0 saturated heterocycles. The predicted octanol–water partition coefficient (Wildman–Crippen LogP) is 3.82. The Morgan fingerprint density at radius 2 is 1.93 bits per heavy atom. The molecule has 0 aromatic heterocycles. The summed E-state index contributed by atoms with van der Waals surface area (Å²) in [6.07, 6.45) is 3.30. The zero-order chi connectivity index (χ0) is 20.9. The molecular weight excluding hydrogens is 381 g/mol. The Bertz CT molecular complexity index is 1030. The smallest absolute Gasteiger partial charge is 0.255 e. The van der Waals surface area contributed by atoms with Gasteiger partial charge in [0.1, 0.15) is 11.5 Å². The lowest BCUT2D eigenvalue weighted by molar-refractivity contribution is -0.139. The molecule has 5 nitrogen and oxygen atoms in total. The average molecular weight is 407 g/mol. The Morgan fingerprint density at radius 3 is 2.73 bits per heavy atom. The van der Waals surface area contributed by atoms with E-state index in [0.29, 0.717) is 24.0 Å². The topological polar surface area (TPSA) is 70.2 Å². The van der Waals surface area contributed by atoms with E-state index in [9.17, 15) is 14.0 Å². The van der Waals surface area contributed by atoms with E-state index >= 15 is 0 Å². The van der Waals surface area contributed by atoms with Gasteiger partial charge in [0.15, 0.2) is 0 Å². The fraction of sp³-hybridized carbons (Fsp3) is 0.417. The molecule has 3 unspecified atom stereocenters. The molecule has 3 fully saturated rings. The minimum Gasteiger partial charge on any atom is -0.362 e. The Kier molecular flexibility index (Phi) is 4.34. The molecule has 3 saturated carbocycles. The van der Waals surface area contributed by atoms with E-state index in [-0.39, 0.29) is 41.4 Å². The highest BCUT2D eigenvalue weighted by Crippen LogP contribution is 2.58. The van der Waals surface area contributed by atoms with Gasteiger partial charge in [-0.2, -0.15) is 0 Å². The monoisotopic (exact) mass is 407 g/mol. The Balaban J connectivity index is 1.35. The van der Waals surface area contributed by atoms with Crippen LogP contribution in [0.5, 0.6) is 0 Å². The molecule has 2 amide bonds. The number of fused-ring (bicyclic) bond motifs is 3. The minimum absolute atomic E-state index is 0.0251. The summed E-state index contributed by atoms with van der Waals surface area (Å²) in [6.45, 7) is 2.34. The molecule has 2 aromatic carbocycles. The zero-order valence-electron chi connectivity index (χ0n) is 17.0. The molecule has 0 radical (unpaired) electrons. The molecule has 4 atom stereocenters. The molecule has 6 heteroatoms. The molecule has 3 aliphatic carbocycles. The Hall–Kier alpha value is -2.89. The fourth-order valence-corrected chi connectivity index (χ4v) is 5.80. The number of halogens is 1. The highest BCUT2D eigenvalue weighted by atomic mass is 19.1. The quantitative estimate of drug-likeness (QED) is 0.724. The van der Waals surface area contributed by atoms with Crippen LogP contribution in [0.25, 0.3) is 0 Å². The Morgan fingerprint density at radius 1 is 1.17 bits per heavy atom. The second-order valence-corrected chi connectivity index (χ2v) is 9.26. The second kappa shape index (κ2) is 6.83. The number of anilines is 1. The molecule has 1 spiro atoms. The van der Waals surface area contributed by atoms with Gasteiger partial charge in [-0.25, -0.2) is 4.39 Å². The molecule has 6 rings (SSSR count). The van der Waals surface area contributed by atoms with Crippen LogP contribution in [-0.2, 0) is 11.3 Å². The zero-order valence-corrected chi connectivity index (χ0v) is 17.0. The van der Waals surface area contributed by atoms with E-state index < -0.39 is 5.66 Å². The van der Waals surface area contributed by atoms with Crippen molar-refractivity contribution in [3.63, 3.8) is 0 Å². The standard InChI is InChI=1S/C24H26FN3O2/c1-23-11-10-16(12-18(23)22(30)26-13-15-6-2-4-8-19(15)25)24(14-23)27-20-9-5-3-7-17(20)21(29)28-24/h2-9,16,18,27H,10-14H2,1H3,(H,26,30)(H,28,29)/t16?,18?,23?,24-/m0/s1. The van der Waals surface area contributed by atoms with Gasteiger partial charge in [-0.15, -0.1) is 0 Å². The molecule has 3 N–H and O–H groups in total. The van der Waals surface area contributed by atoms with E-state index in [2.05, 4.69) is 22.9 Å². The van der Waals surface area contributed by atoms with Gasteiger partial charge < -0.3 is 16.0 Å². The maximum atomic E-state index is 13.9. The molecular formula is C24H26FN3O2. The van der Waals surface area contributed by atoms with Gasteiger partial charge in [-0.3, -0.25) is 9.59 Å². The highest BCUT2D eigenvalue weighted by molar-refractivity contribution is 6.02. The number of nitrogens with one attached hydrogen (secondary N) is 3. The van der Waals surface area contributed by atoms with Crippen LogP contribution < -0.4 is 16.0 Å². The van der Waals surface area contributed by atoms with Gasteiger partial charge >= 0.3 is 0 Å². The number of hydrogen-bond acceptors (Lipinski definition) is 3. The lowest BCUT2D eigenvalue weighted by atomic mass is 9.51. The third kappa shape index (κ3) is 2.97. The first-order chi connectivity index (χ1) is 14.4. The molecule has 156 valence electrons. The van der Waals surface area contributed by atoms with Crippen LogP contribution >= 0.6 is 0 Å². The number of hydrogen-bond donors (Lipinski definition) is 3. The first-order valence-corrected chi connectivity index (χ1v) is 10.6. The van der Waals surface area contributed by atoms with E-state index in [0.717, 1.165) is 18.5 Å². The molecule has 1 heterocycles. The first kappa shape index (κ1) is 19.1. The van der Waals surface area contributed by atoms with E-state index in [1.165, 1.54) is 6.07 Å². The number of rotatable bonds is 3. The van der Waals surface area contributed by atoms with E-state index in [4.69, 9.17) is 0 Å². The van der Waals surface area contributed by atoms with Crippen molar-refractivity contribution in [1.82, 2.24) is 10.6 Å². The number of carbonyl (C=O) groups excluding carboxylic acids is 2. The normalized spacial score (nSPS) is 31.6. The summed E-state index contributed by atoms with van der Waals surface area (Å²) < 4.78 is 13.9. The van der Waals surface area contributed by atoms with Crippen LogP contribution in [0.4, 0.5) is 10.1 Å². The van der Waals surface area contributed by atoms with Gasteiger partial charge in [-0.1, -0.05) is 37.3 Å². The van der Waals surface area contributed by atoms with Crippen molar-refractivity contribution < 1.29 is 14.0 Å². The lowest BCUT2D eigenvalue weighted by Gasteiger charge is -2.60. The lowest BCUT2D eigenvalue weighted by Crippen LogP contribution is -2.70. The van der Waals surface area contributed by atoms with Crippen LogP contribution in [0.1, 0.15) is 48.5 Å². The van der Waals surface area contributed by atoms with Crippen molar-refractivity contribution >= 4 is 17.5 Å². The van der Waals surface area contributed by atoms with Gasteiger partial charge in [0.25, 0.3) is 5.91 Å². The van der Waals surface area contributed by atoms with Crippen molar-refractivity contribution in [2.45, 2.75) is 44.8 Å². The summed E-state index contributed by atoms with van der Waals surface area (Å²) in [4.78, 5) is 25.9. The Labute approximate surface area is 175 Å². The van der Waals surface area contributed by atoms with Gasteiger partial charge in [0.2, 0.25) is 5.91 Å². The number of amides is 2. The molecule has 30 heavy (non-hydrogen) atoms. The van der Waals surface area contributed by atoms with Gasteiger partial charge in [0, 0.05) is 29.6 Å². The number of benzene rings is 2. The maximum Gasteiger partial charge on any atom is 0.255 e. The number of carbonyl (C=O) groups is 2. The number of para-hydroxylation sites is 1. The summed E-state index contributed by atoms with van der Waals surface area (Å²) in [5.74, 6) is -0.366. The molecule has 2 aromatic rings.